The van der Waals surface area contributed by atoms with Gasteiger partial charge in [-0.1, -0.05) is 79.7 Å². The van der Waals surface area contributed by atoms with Gasteiger partial charge in [0.15, 0.2) is 0 Å². The van der Waals surface area contributed by atoms with E-state index in [2.05, 4.69) is 48.2 Å². The second kappa shape index (κ2) is 8.43. The van der Waals surface area contributed by atoms with Gasteiger partial charge in [-0.05, 0) is 17.4 Å². The summed E-state index contributed by atoms with van der Waals surface area (Å²) >= 11 is 0. The van der Waals surface area contributed by atoms with Crippen molar-refractivity contribution in [3.63, 3.8) is 0 Å². The van der Waals surface area contributed by atoms with E-state index in [4.69, 9.17) is 15.2 Å². The van der Waals surface area contributed by atoms with Crippen LogP contribution in [0.25, 0.3) is 11.4 Å². The van der Waals surface area contributed by atoms with Gasteiger partial charge >= 0.3 is 0 Å². The Kier molecular flexibility index (Phi) is 6.18. The van der Waals surface area contributed by atoms with Crippen LogP contribution in [0.4, 0.5) is 0 Å². The van der Waals surface area contributed by atoms with Crippen molar-refractivity contribution in [3.8, 4) is 11.4 Å². The first-order chi connectivity index (χ1) is 13.0. The average molecular weight is 399 g/mol. The number of piperidine rings is 1. The van der Waals surface area contributed by atoms with Gasteiger partial charge in [0, 0.05) is 24.7 Å². The zero-order valence-electron chi connectivity index (χ0n) is 16.3. The number of nitrogens with zero attached hydrogens (tertiary/aromatic N) is 3. The molecule has 1 aromatic heterocycles. The molecule has 0 bridgehead atoms. The second-order valence-corrected chi connectivity index (χ2v) is 7.99. The normalized spacial score (nSPS) is 20.3. The summed E-state index contributed by atoms with van der Waals surface area (Å²) in [5.41, 5.74) is 8.51. The van der Waals surface area contributed by atoms with E-state index in [1.54, 1.807) is 0 Å². The molecular weight excluding hydrogens is 372 g/mol. The Morgan fingerprint density at radius 3 is 2.36 bits per heavy atom. The molecule has 0 radical (unpaired) electrons. The summed E-state index contributed by atoms with van der Waals surface area (Å²) in [6.07, 6.45) is 0.954. The molecule has 1 aliphatic heterocycles. The second-order valence-electron chi connectivity index (χ2n) is 7.99. The third-order valence-electron chi connectivity index (χ3n) is 5.53. The molecule has 5 nitrogen and oxygen atoms in total. The van der Waals surface area contributed by atoms with E-state index in [-0.39, 0.29) is 29.9 Å². The van der Waals surface area contributed by atoms with E-state index in [1.807, 2.05) is 36.4 Å². The van der Waals surface area contributed by atoms with Crippen LogP contribution in [-0.2, 0) is 0 Å². The maximum atomic E-state index is 6.35. The number of hydrogen-bond donors (Lipinski definition) is 1. The Hall–Kier alpha value is -2.21. The number of halogens is 1. The van der Waals surface area contributed by atoms with E-state index in [9.17, 15) is 0 Å². The van der Waals surface area contributed by atoms with Crippen LogP contribution in [-0.4, -0.2) is 34.2 Å². The van der Waals surface area contributed by atoms with Gasteiger partial charge in [0.05, 0.1) is 0 Å². The lowest BCUT2D eigenvalue weighted by Gasteiger charge is -2.45. The molecule has 148 valence electrons. The Bertz CT molecular complexity index is 882. The number of hydrogen-bond acceptors (Lipinski definition) is 5. The molecule has 0 saturated carbocycles. The molecule has 1 aliphatic rings. The summed E-state index contributed by atoms with van der Waals surface area (Å²) in [5, 5.41) is 4.24. The zero-order valence-corrected chi connectivity index (χ0v) is 17.1. The van der Waals surface area contributed by atoms with Crippen molar-refractivity contribution in [3.05, 3.63) is 72.1 Å². The number of nitrogens with two attached hydrogens (primary N) is 1. The molecule has 2 heterocycles. The van der Waals surface area contributed by atoms with Crippen LogP contribution in [0, 0.1) is 5.41 Å². The summed E-state index contributed by atoms with van der Waals surface area (Å²) in [6, 6.07) is 20.5. The smallest absolute Gasteiger partial charge is 0.248 e. The van der Waals surface area contributed by atoms with Crippen LogP contribution in [0.5, 0.6) is 0 Å². The molecule has 3 aromatic rings. The molecule has 0 spiro atoms. The highest BCUT2D eigenvalue weighted by Crippen LogP contribution is 2.36. The molecule has 0 amide bonds. The van der Waals surface area contributed by atoms with Crippen LogP contribution < -0.4 is 5.73 Å². The number of aromatic nitrogens is 2. The summed E-state index contributed by atoms with van der Waals surface area (Å²) in [4.78, 5) is 7.17. The van der Waals surface area contributed by atoms with Gasteiger partial charge in [-0.15, -0.1) is 12.4 Å². The highest BCUT2D eigenvalue weighted by atomic mass is 35.5. The lowest BCUT2D eigenvalue weighted by molar-refractivity contribution is 0.0622. The van der Waals surface area contributed by atoms with Crippen LogP contribution in [0.3, 0.4) is 0 Å². The average Bonchev–Trinajstić information content (AvgIpc) is 3.16. The first-order valence-electron chi connectivity index (χ1n) is 9.48. The van der Waals surface area contributed by atoms with Gasteiger partial charge in [0.2, 0.25) is 11.7 Å². The number of rotatable bonds is 4. The summed E-state index contributed by atoms with van der Waals surface area (Å²) in [7, 11) is 0. The van der Waals surface area contributed by atoms with Crippen molar-refractivity contribution >= 4 is 12.4 Å². The third-order valence-corrected chi connectivity index (χ3v) is 5.53. The molecular formula is C22H27ClN4O. The summed E-state index contributed by atoms with van der Waals surface area (Å²) < 4.78 is 5.75. The summed E-state index contributed by atoms with van der Waals surface area (Å²) in [6.45, 7) is 6.26. The van der Waals surface area contributed by atoms with Crippen molar-refractivity contribution < 1.29 is 4.52 Å². The van der Waals surface area contributed by atoms with E-state index in [0.29, 0.717) is 11.7 Å². The summed E-state index contributed by atoms with van der Waals surface area (Å²) in [5.74, 6) is 1.26. The highest BCUT2D eigenvalue weighted by Gasteiger charge is 2.38. The minimum atomic E-state index is -0.0667. The van der Waals surface area contributed by atoms with Crippen molar-refractivity contribution in [2.24, 2.45) is 11.1 Å². The first kappa shape index (κ1) is 20.5. The molecule has 2 aromatic carbocycles. The van der Waals surface area contributed by atoms with E-state index >= 15 is 0 Å². The highest BCUT2D eigenvalue weighted by molar-refractivity contribution is 5.85. The predicted molar refractivity (Wildman–Crippen MR) is 113 cm³/mol. The molecule has 1 fully saturated rings. The quantitative estimate of drug-likeness (QED) is 0.709. The molecule has 2 N–H and O–H groups in total. The fraction of sp³-hybridized carbons (Fsp3) is 0.364. The minimum absolute atomic E-state index is 0. The molecule has 1 saturated heterocycles. The van der Waals surface area contributed by atoms with Gasteiger partial charge in [0.1, 0.15) is 6.04 Å². The van der Waals surface area contributed by atoms with E-state index in [0.717, 1.165) is 30.6 Å². The molecule has 2 unspecified atom stereocenters. The van der Waals surface area contributed by atoms with Gasteiger partial charge in [-0.2, -0.15) is 4.98 Å². The third kappa shape index (κ3) is 4.12. The Labute approximate surface area is 172 Å². The zero-order chi connectivity index (χ0) is 18.9. The molecule has 6 heteroatoms. The van der Waals surface area contributed by atoms with Crippen molar-refractivity contribution in [1.82, 2.24) is 15.0 Å². The van der Waals surface area contributed by atoms with Crippen molar-refractivity contribution in [1.29, 1.82) is 0 Å². The van der Waals surface area contributed by atoms with E-state index in [1.165, 1.54) is 0 Å². The van der Waals surface area contributed by atoms with Gasteiger partial charge in [-0.25, -0.2) is 0 Å². The van der Waals surface area contributed by atoms with Gasteiger partial charge in [-0.3, -0.25) is 4.90 Å². The monoisotopic (exact) mass is 398 g/mol. The largest absolute Gasteiger partial charge is 0.337 e. The molecule has 0 aliphatic carbocycles. The minimum Gasteiger partial charge on any atom is -0.337 e. The maximum Gasteiger partial charge on any atom is 0.248 e. The molecule has 4 rings (SSSR count). The fourth-order valence-corrected chi connectivity index (χ4v) is 3.83. The van der Waals surface area contributed by atoms with Crippen LogP contribution in [0.2, 0.25) is 0 Å². The van der Waals surface area contributed by atoms with Crippen LogP contribution in [0.1, 0.15) is 37.8 Å². The Morgan fingerprint density at radius 1 is 1.07 bits per heavy atom. The molecule has 28 heavy (non-hydrogen) atoms. The van der Waals surface area contributed by atoms with Crippen molar-refractivity contribution in [2.45, 2.75) is 32.4 Å². The molecule has 2 atom stereocenters. The van der Waals surface area contributed by atoms with Crippen LogP contribution in [0.15, 0.2) is 65.2 Å². The number of benzene rings is 2. The maximum absolute atomic E-state index is 6.35. The predicted octanol–water partition coefficient (Wildman–Crippen LogP) is 4.31. The number of likely N-dealkylation sites (tertiary alicyclic amines) is 1. The van der Waals surface area contributed by atoms with Gasteiger partial charge < -0.3 is 10.3 Å². The Balaban J connectivity index is 0.00000225. The Morgan fingerprint density at radius 2 is 1.71 bits per heavy atom. The standard InChI is InChI=1S/C22H26N4O.ClH/c1-22(2)15-26(14-13-18(22)23)19(16-9-5-3-6-10-16)21-24-20(25-27-21)17-11-7-4-8-12-17;/h3-12,18-19H,13-15,23H2,1-2H3;1H. The first-order valence-corrected chi connectivity index (χ1v) is 9.48. The fourth-order valence-electron chi connectivity index (χ4n) is 3.83. The lowest BCUT2D eigenvalue weighted by atomic mass is 9.79. The SMILES string of the molecule is CC1(C)CN(C(c2ccccc2)c2nc(-c3ccccc3)no2)CCC1N.Cl. The van der Waals surface area contributed by atoms with Crippen molar-refractivity contribution in [2.75, 3.05) is 13.1 Å². The van der Waals surface area contributed by atoms with Crippen LogP contribution >= 0.6 is 12.4 Å². The lowest BCUT2D eigenvalue weighted by Crippen LogP contribution is -2.53. The topological polar surface area (TPSA) is 68.2 Å². The van der Waals surface area contributed by atoms with E-state index < -0.39 is 0 Å². The van der Waals surface area contributed by atoms with Gasteiger partial charge in [0.25, 0.3) is 0 Å².